The number of fused-ring (bicyclic) bond motifs is 2. The third kappa shape index (κ3) is 4.15. The molecule has 7 rings (SSSR count). The van der Waals surface area contributed by atoms with Crippen molar-refractivity contribution >= 4 is 21.8 Å². The Morgan fingerprint density at radius 3 is 2.78 bits per heavy atom. The number of rotatable bonds is 7. The highest BCUT2D eigenvalue weighted by Crippen LogP contribution is 2.35. The van der Waals surface area contributed by atoms with Crippen LogP contribution in [0.1, 0.15) is 12.8 Å². The summed E-state index contributed by atoms with van der Waals surface area (Å²) in [7, 11) is 0. The molecule has 0 amide bonds. The number of nitrogens with one attached hydrogen (secondary N) is 2. The Bertz CT molecular complexity index is 1680. The highest BCUT2D eigenvalue weighted by atomic mass is 16.5. The molecule has 1 aliphatic rings. The molecule has 6 heterocycles. The summed E-state index contributed by atoms with van der Waals surface area (Å²) in [6.45, 7) is 3.93. The van der Waals surface area contributed by atoms with Crippen LogP contribution in [0, 0.1) is 0 Å². The minimum atomic E-state index is 0.657. The Balaban J connectivity index is 1.20. The minimum Gasteiger partial charge on any atom is -0.491 e. The molecule has 6 aromatic rings. The van der Waals surface area contributed by atoms with Crippen LogP contribution in [-0.4, -0.2) is 56.3 Å². The number of aromatic amines is 2. The first-order chi connectivity index (χ1) is 18.3. The molecular formula is C29H26N6O2. The van der Waals surface area contributed by atoms with Gasteiger partial charge in [0.1, 0.15) is 18.1 Å². The van der Waals surface area contributed by atoms with Gasteiger partial charge in [-0.25, -0.2) is 0 Å². The van der Waals surface area contributed by atoms with E-state index in [1.807, 2.05) is 30.6 Å². The molecule has 37 heavy (non-hydrogen) atoms. The number of H-pyrrole nitrogens is 2. The molecule has 0 radical (unpaired) electrons. The molecule has 0 unspecified atom stereocenters. The fourth-order valence-electron chi connectivity index (χ4n) is 5.17. The number of nitrogens with zero attached hydrogens (tertiary/aromatic N) is 4. The van der Waals surface area contributed by atoms with E-state index in [-0.39, 0.29) is 0 Å². The van der Waals surface area contributed by atoms with Gasteiger partial charge in [0.25, 0.3) is 0 Å². The Morgan fingerprint density at radius 2 is 1.89 bits per heavy atom. The molecule has 1 fully saturated rings. The molecule has 1 saturated heterocycles. The van der Waals surface area contributed by atoms with Gasteiger partial charge in [0.15, 0.2) is 0 Å². The van der Waals surface area contributed by atoms with Gasteiger partial charge in [-0.3, -0.25) is 20.0 Å². The van der Waals surface area contributed by atoms with E-state index in [4.69, 9.17) is 9.15 Å². The van der Waals surface area contributed by atoms with E-state index in [1.54, 1.807) is 18.7 Å². The summed E-state index contributed by atoms with van der Waals surface area (Å²) in [5.74, 6) is 0.758. The molecular weight excluding hydrogens is 464 g/mol. The molecule has 1 aliphatic heterocycles. The molecule has 2 N–H and O–H groups in total. The first-order valence-corrected chi connectivity index (χ1v) is 12.6. The fourth-order valence-corrected chi connectivity index (χ4v) is 5.17. The second kappa shape index (κ2) is 9.22. The van der Waals surface area contributed by atoms with Gasteiger partial charge in [0.05, 0.1) is 41.8 Å². The lowest BCUT2D eigenvalue weighted by Crippen LogP contribution is -2.25. The van der Waals surface area contributed by atoms with Crippen molar-refractivity contribution in [3.8, 4) is 39.5 Å². The Morgan fingerprint density at radius 1 is 0.946 bits per heavy atom. The van der Waals surface area contributed by atoms with Gasteiger partial charge in [-0.2, -0.15) is 5.10 Å². The van der Waals surface area contributed by atoms with Crippen molar-refractivity contribution in [2.75, 3.05) is 26.2 Å². The predicted molar refractivity (Wildman–Crippen MR) is 143 cm³/mol. The number of hydrogen-bond donors (Lipinski definition) is 2. The summed E-state index contributed by atoms with van der Waals surface area (Å²) < 4.78 is 11.3. The quantitative estimate of drug-likeness (QED) is 0.289. The van der Waals surface area contributed by atoms with E-state index < -0.39 is 0 Å². The van der Waals surface area contributed by atoms with Gasteiger partial charge in [-0.1, -0.05) is 12.1 Å². The molecule has 0 atom stereocenters. The largest absolute Gasteiger partial charge is 0.491 e. The lowest BCUT2D eigenvalue weighted by molar-refractivity contribution is 0.237. The van der Waals surface area contributed by atoms with E-state index in [9.17, 15) is 0 Å². The maximum absolute atomic E-state index is 6.01. The summed E-state index contributed by atoms with van der Waals surface area (Å²) in [6.07, 6.45) is 11.4. The zero-order chi connectivity index (χ0) is 24.6. The monoisotopic (exact) mass is 490 g/mol. The maximum Gasteiger partial charge on any atom is 0.138 e. The summed E-state index contributed by atoms with van der Waals surface area (Å²) in [4.78, 5) is 15.0. The Hall–Kier alpha value is -4.43. The van der Waals surface area contributed by atoms with Crippen molar-refractivity contribution < 1.29 is 9.15 Å². The third-order valence-electron chi connectivity index (χ3n) is 7.08. The van der Waals surface area contributed by atoms with Crippen LogP contribution >= 0.6 is 0 Å². The van der Waals surface area contributed by atoms with Crippen molar-refractivity contribution in [3.05, 3.63) is 73.6 Å². The van der Waals surface area contributed by atoms with E-state index in [0.29, 0.717) is 6.61 Å². The molecule has 0 saturated carbocycles. The number of aromatic nitrogens is 5. The zero-order valence-corrected chi connectivity index (χ0v) is 20.3. The van der Waals surface area contributed by atoms with E-state index in [2.05, 4.69) is 54.3 Å². The zero-order valence-electron chi connectivity index (χ0n) is 20.3. The van der Waals surface area contributed by atoms with Crippen LogP contribution in [0.5, 0.6) is 5.75 Å². The summed E-state index contributed by atoms with van der Waals surface area (Å²) >= 11 is 0. The lowest BCUT2D eigenvalue weighted by atomic mass is 10.0. The molecule has 0 bridgehead atoms. The van der Waals surface area contributed by atoms with Gasteiger partial charge in [0, 0.05) is 40.2 Å². The van der Waals surface area contributed by atoms with Crippen LogP contribution in [-0.2, 0) is 0 Å². The normalized spacial score (nSPS) is 14.2. The van der Waals surface area contributed by atoms with Crippen molar-refractivity contribution in [1.29, 1.82) is 0 Å². The summed E-state index contributed by atoms with van der Waals surface area (Å²) in [5.41, 5.74) is 7.59. The van der Waals surface area contributed by atoms with Crippen molar-refractivity contribution in [1.82, 2.24) is 30.0 Å². The minimum absolute atomic E-state index is 0.657. The average Bonchev–Trinajstić information content (AvgIpc) is 3.74. The average molecular weight is 491 g/mol. The fraction of sp³-hybridized carbons (Fsp3) is 0.207. The van der Waals surface area contributed by atoms with E-state index in [0.717, 1.165) is 67.9 Å². The third-order valence-corrected chi connectivity index (χ3v) is 7.08. The smallest absolute Gasteiger partial charge is 0.138 e. The molecule has 8 nitrogen and oxygen atoms in total. The van der Waals surface area contributed by atoms with Crippen LogP contribution < -0.4 is 4.74 Å². The summed E-state index contributed by atoms with van der Waals surface area (Å²) in [5, 5.41) is 9.86. The van der Waals surface area contributed by atoms with Crippen molar-refractivity contribution in [2.45, 2.75) is 12.8 Å². The molecule has 0 aliphatic carbocycles. The topological polar surface area (TPSA) is 95.9 Å². The van der Waals surface area contributed by atoms with Crippen LogP contribution in [0.2, 0.25) is 0 Å². The number of ether oxygens (including phenoxy) is 1. The van der Waals surface area contributed by atoms with Crippen molar-refractivity contribution in [2.24, 2.45) is 0 Å². The number of benzene rings is 1. The van der Waals surface area contributed by atoms with Gasteiger partial charge >= 0.3 is 0 Å². The van der Waals surface area contributed by atoms with Crippen LogP contribution in [0.3, 0.4) is 0 Å². The first kappa shape index (κ1) is 21.8. The summed E-state index contributed by atoms with van der Waals surface area (Å²) in [6, 6.07) is 14.4. The number of pyridine rings is 2. The van der Waals surface area contributed by atoms with E-state index in [1.165, 1.54) is 25.9 Å². The molecule has 184 valence electrons. The number of furan rings is 1. The molecule has 1 aromatic carbocycles. The van der Waals surface area contributed by atoms with Gasteiger partial charge in [-0.15, -0.1) is 0 Å². The number of likely N-dealkylation sites (tertiary alicyclic amines) is 1. The first-order valence-electron chi connectivity index (χ1n) is 12.6. The SMILES string of the molecule is c1cc(-c2ccoc2)c2cc(-c3n[nH]c4cnc(-c5cncc(OCCN6CCCC6)c5)cc34)[nH]c2c1. The van der Waals surface area contributed by atoms with Crippen LogP contribution in [0.15, 0.2) is 78.0 Å². The Labute approximate surface area is 213 Å². The highest BCUT2D eigenvalue weighted by Gasteiger charge is 2.16. The van der Waals surface area contributed by atoms with Crippen LogP contribution in [0.4, 0.5) is 0 Å². The van der Waals surface area contributed by atoms with Crippen LogP contribution in [0.25, 0.3) is 55.6 Å². The molecule has 0 spiro atoms. The number of hydrogen-bond acceptors (Lipinski definition) is 6. The lowest BCUT2D eigenvalue weighted by Gasteiger charge is -2.15. The molecule has 8 heteroatoms. The highest BCUT2D eigenvalue weighted by molar-refractivity contribution is 6.01. The van der Waals surface area contributed by atoms with Gasteiger partial charge < -0.3 is 14.1 Å². The Kier molecular flexibility index (Phi) is 5.44. The van der Waals surface area contributed by atoms with E-state index >= 15 is 0 Å². The van der Waals surface area contributed by atoms with Gasteiger partial charge in [-0.05, 0) is 61.8 Å². The molecule has 5 aromatic heterocycles. The second-order valence-corrected chi connectivity index (χ2v) is 9.46. The van der Waals surface area contributed by atoms with Crippen molar-refractivity contribution in [3.63, 3.8) is 0 Å². The van der Waals surface area contributed by atoms with Gasteiger partial charge in [0.2, 0.25) is 0 Å². The predicted octanol–water partition coefficient (Wildman–Crippen LogP) is 5.90. The standard InChI is InChI=1S/C29H26N6O2/c1-2-8-35(7-1)9-11-37-21-12-20(15-30-16-21)26-14-24-28(17-31-26)33-34-29(24)27-13-23-22(19-6-10-36-18-19)4-3-5-25(23)32-27/h3-6,10,12-18,32H,1-2,7-9,11H2,(H,33,34). The maximum atomic E-state index is 6.01. The second-order valence-electron chi connectivity index (χ2n) is 9.46.